The number of hydrogen-bond donors (Lipinski definition) is 0. The molecular formula is C71H69BN4. The molecule has 0 fully saturated rings. The van der Waals surface area contributed by atoms with Gasteiger partial charge in [0.2, 0.25) is 0 Å². The molecule has 5 heteroatoms. The van der Waals surface area contributed by atoms with Crippen LogP contribution in [0.15, 0.2) is 170 Å². The maximum Gasteiger partial charge on any atom is 0.252 e. The second-order valence-electron chi connectivity index (χ2n) is 25.6. The lowest BCUT2D eigenvalue weighted by atomic mass is 9.33. The molecule has 0 bridgehead atoms. The molecule has 4 heterocycles. The largest absolute Gasteiger partial charge is 0.311 e. The van der Waals surface area contributed by atoms with Crippen molar-refractivity contribution >= 4 is 96.0 Å². The van der Waals surface area contributed by atoms with Gasteiger partial charge in [-0.15, -0.1) is 6.42 Å². The maximum atomic E-state index is 5.93. The topological polar surface area (TPSA) is 16.3 Å². The molecule has 0 saturated carbocycles. The van der Waals surface area contributed by atoms with E-state index in [1.807, 2.05) is 6.08 Å². The number of benzene rings is 8. The second-order valence-corrected chi connectivity index (χ2v) is 25.6. The van der Waals surface area contributed by atoms with Crippen molar-refractivity contribution in [3.05, 3.63) is 203 Å². The molecule has 0 N–H and O–H groups in total. The fourth-order valence-corrected chi connectivity index (χ4v) is 12.2. The smallest absolute Gasteiger partial charge is 0.252 e. The minimum Gasteiger partial charge on any atom is -0.311 e. The zero-order chi connectivity index (χ0) is 53.4. The first-order valence-electron chi connectivity index (χ1n) is 27.2. The highest BCUT2D eigenvalue weighted by Gasteiger charge is 2.44. The van der Waals surface area contributed by atoms with Crippen LogP contribution in [0.25, 0.3) is 50.2 Å². The van der Waals surface area contributed by atoms with Gasteiger partial charge in [0.1, 0.15) is 0 Å². The van der Waals surface area contributed by atoms with E-state index in [4.69, 9.17) is 6.42 Å². The van der Waals surface area contributed by atoms with Gasteiger partial charge in [-0.3, -0.25) is 0 Å². The van der Waals surface area contributed by atoms with E-state index in [2.05, 4.69) is 285 Å². The van der Waals surface area contributed by atoms with Gasteiger partial charge in [-0.1, -0.05) is 174 Å². The molecule has 0 saturated heterocycles. The van der Waals surface area contributed by atoms with Gasteiger partial charge in [0.25, 0.3) is 6.71 Å². The normalized spacial score (nSPS) is 13.7. The van der Waals surface area contributed by atoms with Crippen LogP contribution in [0.1, 0.15) is 117 Å². The summed E-state index contributed by atoms with van der Waals surface area (Å²) in [6, 6.07) is 62.7. The van der Waals surface area contributed by atoms with Crippen LogP contribution in [-0.2, 0) is 21.7 Å². The minimum absolute atomic E-state index is 0.0883. The summed E-state index contributed by atoms with van der Waals surface area (Å²) in [4.78, 5) is 5.20. The molecule has 10 aromatic rings. The molecule has 2 aliphatic rings. The third-order valence-electron chi connectivity index (χ3n) is 16.4. The van der Waals surface area contributed by atoms with Crippen molar-refractivity contribution < 1.29 is 0 Å². The van der Waals surface area contributed by atoms with E-state index in [1.54, 1.807) is 0 Å². The predicted octanol–water partition coefficient (Wildman–Crippen LogP) is 17.0. The predicted molar refractivity (Wildman–Crippen MR) is 329 cm³/mol. The van der Waals surface area contributed by atoms with Gasteiger partial charge in [0.05, 0.1) is 22.2 Å². The maximum absolute atomic E-state index is 5.93. The molecule has 0 atom stereocenters. The SMILES string of the molecule is C#C/C=C\c1c(C)c2ccccc2n1-c1ccc2c(c1)N(c1cc(C(C)(C)C)cc(C(C)(C)C)c1)c1cccc3c1B2c1ccc(-n2c4ccccc4c4ccccc42)cc1N3c1cc(C(C)(C)C)cc(C(C)(C)C)c1. The summed E-state index contributed by atoms with van der Waals surface area (Å²) in [6.07, 6.45) is 9.85. The molecule has 2 aromatic heterocycles. The number of nitrogens with zero attached hydrogens (tertiary/aromatic N) is 4. The van der Waals surface area contributed by atoms with Crippen molar-refractivity contribution in [1.29, 1.82) is 0 Å². The van der Waals surface area contributed by atoms with Crippen LogP contribution in [-0.4, -0.2) is 15.8 Å². The van der Waals surface area contributed by atoms with Gasteiger partial charge in [-0.05, 0) is 164 Å². The van der Waals surface area contributed by atoms with Crippen molar-refractivity contribution in [2.45, 2.75) is 112 Å². The highest BCUT2D eigenvalue weighted by Crippen LogP contribution is 2.48. The number of rotatable bonds is 5. The van der Waals surface area contributed by atoms with Gasteiger partial charge in [-0.2, -0.15) is 0 Å². The van der Waals surface area contributed by atoms with E-state index in [9.17, 15) is 0 Å². The summed E-state index contributed by atoms with van der Waals surface area (Å²) >= 11 is 0. The standard InChI is InChI=1S/C71H69BN4/c1-15-16-27-59-45(2)54-24-17-20-28-60(54)73(59)50-33-35-57-65(43-50)75(52-39-46(68(3,4)5)37-47(40-52)69(6,7)8)63-31-23-32-64-67(63)72(57)58-36-34-51(74-61-29-21-18-25-55(61)56-26-19-22-30-62(56)74)44-66(58)76(64)53-41-48(70(9,10)11)38-49(42-53)71(12,13)14/h1,16-44H,2-14H3/b27-16-. The quantitative estimate of drug-likeness (QED) is 0.126. The number of anilines is 6. The summed E-state index contributed by atoms with van der Waals surface area (Å²) in [5, 5.41) is 3.71. The first kappa shape index (κ1) is 49.0. The highest BCUT2D eigenvalue weighted by molar-refractivity contribution is 7.00. The Balaban J connectivity index is 1.20. The van der Waals surface area contributed by atoms with Crippen LogP contribution in [0.5, 0.6) is 0 Å². The fourth-order valence-electron chi connectivity index (χ4n) is 12.2. The summed E-state index contributed by atoms with van der Waals surface area (Å²) < 4.78 is 4.87. The Morgan fingerprint density at radius 2 is 0.803 bits per heavy atom. The van der Waals surface area contributed by atoms with Crippen LogP contribution < -0.4 is 26.2 Å². The van der Waals surface area contributed by atoms with Crippen LogP contribution >= 0.6 is 0 Å². The van der Waals surface area contributed by atoms with Gasteiger partial charge >= 0.3 is 0 Å². The second kappa shape index (κ2) is 17.3. The van der Waals surface area contributed by atoms with Crippen molar-refractivity contribution in [2.24, 2.45) is 0 Å². The molecule has 0 spiro atoms. The first-order chi connectivity index (χ1) is 36.1. The molecule has 376 valence electrons. The molecule has 12 rings (SSSR count). The van der Waals surface area contributed by atoms with E-state index in [1.165, 1.54) is 94.1 Å². The number of aromatic nitrogens is 2. The minimum atomic E-state index is -0.0956. The molecule has 0 amide bonds. The first-order valence-corrected chi connectivity index (χ1v) is 27.2. The number of para-hydroxylation sites is 3. The zero-order valence-electron chi connectivity index (χ0n) is 46.7. The zero-order valence-corrected chi connectivity index (χ0v) is 46.7. The average molecular weight is 989 g/mol. The van der Waals surface area contributed by atoms with E-state index in [0.29, 0.717) is 0 Å². The summed E-state index contributed by atoms with van der Waals surface area (Å²) in [5.41, 5.74) is 23.8. The van der Waals surface area contributed by atoms with Gasteiger partial charge in [-0.25, -0.2) is 0 Å². The summed E-state index contributed by atoms with van der Waals surface area (Å²) in [5.74, 6) is 2.78. The molecule has 2 aliphatic heterocycles. The molecule has 4 nitrogen and oxygen atoms in total. The molecule has 0 aliphatic carbocycles. The number of terminal acetylenes is 1. The van der Waals surface area contributed by atoms with E-state index < -0.39 is 0 Å². The van der Waals surface area contributed by atoms with Crippen molar-refractivity contribution in [3.63, 3.8) is 0 Å². The monoisotopic (exact) mass is 989 g/mol. The van der Waals surface area contributed by atoms with Crippen LogP contribution in [0.4, 0.5) is 34.1 Å². The third-order valence-corrected chi connectivity index (χ3v) is 16.4. The Morgan fingerprint density at radius 3 is 1.22 bits per heavy atom. The Morgan fingerprint density at radius 1 is 0.408 bits per heavy atom. The van der Waals surface area contributed by atoms with Gasteiger partial charge in [0.15, 0.2) is 0 Å². The number of allylic oxidation sites excluding steroid dienone is 1. The average Bonchev–Trinajstić information content (AvgIpc) is 4.02. The number of aryl methyl sites for hydroxylation is 1. The van der Waals surface area contributed by atoms with E-state index in [-0.39, 0.29) is 28.4 Å². The fraction of sp³-hybridized carbons (Fsp3) is 0.239. The summed E-state index contributed by atoms with van der Waals surface area (Å²) in [7, 11) is 0. The lowest BCUT2D eigenvalue weighted by Crippen LogP contribution is -2.61. The molecule has 0 radical (unpaired) electrons. The Bertz CT molecular complexity index is 3970. The lowest BCUT2D eigenvalue weighted by molar-refractivity contribution is 0.568. The molecule has 8 aromatic carbocycles. The van der Waals surface area contributed by atoms with Crippen molar-refractivity contribution in [1.82, 2.24) is 9.13 Å². The Kier molecular flexibility index (Phi) is 11.1. The van der Waals surface area contributed by atoms with Crippen molar-refractivity contribution in [2.75, 3.05) is 9.80 Å². The van der Waals surface area contributed by atoms with Gasteiger partial charge in [0, 0.05) is 61.7 Å². The van der Waals surface area contributed by atoms with Crippen LogP contribution in [0.3, 0.4) is 0 Å². The number of fused-ring (bicyclic) bond motifs is 8. The van der Waals surface area contributed by atoms with Crippen molar-refractivity contribution in [3.8, 4) is 23.7 Å². The van der Waals surface area contributed by atoms with Crippen LogP contribution in [0, 0.1) is 19.3 Å². The van der Waals surface area contributed by atoms with Gasteiger partial charge < -0.3 is 18.9 Å². The summed E-state index contributed by atoms with van der Waals surface area (Å²) in [6.45, 7) is 30.2. The Hall–Kier alpha value is -7.94. The highest BCUT2D eigenvalue weighted by atomic mass is 15.2. The van der Waals surface area contributed by atoms with E-state index in [0.717, 1.165) is 34.0 Å². The molecule has 76 heavy (non-hydrogen) atoms. The lowest BCUT2D eigenvalue weighted by Gasteiger charge is -2.45. The third kappa shape index (κ3) is 7.82. The van der Waals surface area contributed by atoms with E-state index >= 15 is 0 Å². The molecular weight excluding hydrogens is 920 g/mol. The Labute approximate surface area is 451 Å². The molecule has 0 unspecified atom stereocenters. The number of hydrogen-bond acceptors (Lipinski definition) is 2. The van der Waals surface area contributed by atoms with Crippen LogP contribution in [0.2, 0.25) is 0 Å².